The van der Waals surface area contributed by atoms with E-state index in [0.717, 1.165) is 43.6 Å². The highest BCUT2D eigenvalue weighted by atomic mass is 16.3. The molecule has 0 aliphatic rings. The van der Waals surface area contributed by atoms with Crippen LogP contribution in [0.15, 0.2) is 127 Å². The van der Waals surface area contributed by atoms with E-state index in [1.807, 2.05) is 42.5 Å². The molecule has 0 aromatic heterocycles. The molecule has 8 aromatic carbocycles. The van der Waals surface area contributed by atoms with E-state index in [4.69, 9.17) is 23.5 Å². The predicted molar refractivity (Wildman–Crippen MR) is 196 cm³/mol. The van der Waals surface area contributed by atoms with Gasteiger partial charge in [-0.1, -0.05) is 138 Å². The molecule has 8 aromatic rings. The first-order chi connectivity index (χ1) is 22.5. The summed E-state index contributed by atoms with van der Waals surface area (Å²) in [7, 11) is 18.7. The Balaban J connectivity index is 1.47. The van der Waals surface area contributed by atoms with Crippen LogP contribution < -0.4 is 10.9 Å². The second-order valence-corrected chi connectivity index (χ2v) is 11.7. The number of rotatable bonds is 4. The number of phenolic OH excluding ortho intramolecular Hbond substituents is 2. The zero-order valence-corrected chi connectivity index (χ0v) is 25.0. The minimum atomic E-state index is -0.446. The molecule has 0 fully saturated rings. The predicted octanol–water partition coefficient (Wildman–Crippen LogP) is 7.97. The van der Waals surface area contributed by atoms with E-state index in [0.29, 0.717) is 11.1 Å². The molecule has 0 saturated heterocycles. The van der Waals surface area contributed by atoms with Crippen LogP contribution in [0, 0.1) is 0 Å². The third-order valence-corrected chi connectivity index (χ3v) is 9.25. The summed E-state index contributed by atoms with van der Waals surface area (Å²) >= 11 is 0. The van der Waals surface area contributed by atoms with Gasteiger partial charge in [-0.05, 0) is 77.5 Å². The van der Waals surface area contributed by atoms with E-state index < -0.39 is 5.75 Å². The van der Waals surface area contributed by atoms with Gasteiger partial charge in [0.05, 0.1) is 7.85 Å². The molecule has 0 heterocycles. The van der Waals surface area contributed by atoms with Gasteiger partial charge in [0.25, 0.3) is 0 Å². The van der Waals surface area contributed by atoms with E-state index in [2.05, 4.69) is 84.9 Å². The molecule has 0 amide bonds. The molecule has 0 saturated carbocycles. The number of hydrogen-bond donors (Lipinski definition) is 2. The van der Waals surface area contributed by atoms with Gasteiger partial charge in [0.1, 0.15) is 21.4 Å². The molecule has 0 unspecified atom stereocenters. The maximum Gasteiger partial charge on any atom is 0.165 e. The third-order valence-electron chi connectivity index (χ3n) is 9.25. The molecule has 0 aliphatic carbocycles. The molecular formula is C41H25B3O2. The van der Waals surface area contributed by atoms with Gasteiger partial charge in [0.15, 0.2) is 5.75 Å². The van der Waals surface area contributed by atoms with Gasteiger partial charge in [-0.3, -0.25) is 0 Å². The summed E-state index contributed by atoms with van der Waals surface area (Å²) in [6.07, 6.45) is 0.0341. The fraction of sp³-hybridized carbons (Fsp3) is 0.0244. The van der Waals surface area contributed by atoms with Crippen molar-refractivity contribution in [2.45, 2.75) is 6.32 Å². The maximum atomic E-state index is 11.4. The second-order valence-electron chi connectivity index (χ2n) is 11.7. The number of phenols is 2. The van der Waals surface area contributed by atoms with Crippen LogP contribution in [-0.4, -0.2) is 33.8 Å². The molecule has 0 bridgehead atoms. The van der Waals surface area contributed by atoms with Crippen molar-refractivity contribution in [2.75, 3.05) is 0 Å². The maximum absolute atomic E-state index is 11.4. The number of benzene rings is 8. The number of fused-ring (bicyclic) bond motifs is 5. The average Bonchev–Trinajstić information content (AvgIpc) is 3.11. The van der Waals surface area contributed by atoms with Crippen LogP contribution in [0.25, 0.3) is 76.5 Å². The Kier molecular flexibility index (Phi) is 6.65. The Morgan fingerprint density at radius 3 is 1.59 bits per heavy atom. The first kappa shape index (κ1) is 28.1. The third kappa shape index (κ3) is 4.15. The largest absolute Gasteiger partial charge is 0.505 e. The normalized spacial score (nSPS) is 11.6. The highest BCUT2D eigenvalue weighted by molar-refractivity contribution is 6.51. The smallest absolute Gasteiger partial charge is 0.165 e. The van der Waals surface area contributed by atoms with Crippen molar-refractivity contribution in [3.63, 3.8) is 0 Å². The van der Waals surface area contributed by atoms with Crippen LogP contribution >= 0.6 is 0 Å². The van der Waals surface area contributed by atoms with E-state index in [9.17, 15) is 10.2 Å². The molecule has 0 aliphatic heterocycles. The van der Waals surface area contributed by atoms with Crippen LogP contribution in [0.5, 0.6) is 11.5 Å². The highest BCUT2D eigenvalue weighted by Crippen LogP contribution is 2.48. The van der Waals surface area contributed by atoms with Crippen LogP contribution in [0.4, 0.5) is 0 Å². The van der Waals surface area contributed by atoms with Crippen LogP contribution in [0.2, 0.25) is 0 Å². The van der Waals surface area contributed by atoms with Gasteiger partial charge in [0.2, 0.25) is 0 Å². The quantitative estimate of drug-likeness (QED) is 0.0958. The Morgan fingerprint density at radius 1 is 0.435 bits per heavy atom. The van der Waals surface area contributed by atoms with Gasteiger partial charge in [-0.15, -0.1) is 0 Å². The highest BCUT2D eigenvalue weighted by Gasteiger charge is 2.24. The number of aromatic hydroxyl groups is 2. The summed E-state index contributed by atoms with van der Waals surface area (Å²) in [5.41, 5.74) is 6.26. The molecular weight excluding hydrogens is 557 g/mol. The lowest BCUT2D eigenvalue weighted by Gasteiger charge is -2.23. The molecule has 5 heteroatoms. The molecule has 46 heavy (non-hydrogen) atoms. The Bertz CT molecular complexity index is 2450. The molecule has 2 nitrogen and oxygen atoms in total. The first-order valence-corrected chi connectivity index (χ1v) is 15.2. The van der Waals surface area contributed by atoms with Gasteiger partial charge in [-0.2, -0.15) is 0 Å². The van der Waals surface area contributed by atoms with Crippen molar-refractivity contribution >= 4 is 77.6 Å². The molecule has 6 radical (unpaired) electrons. The fourth-order valence-corrected chi connectivity index (χ4v) is 7.12. The van der Waals surface area contributed by atoms with Gasteiger partial charge < -0.3 is 10.2 Å². The lowest BCUT2D eigenvalue weighted by atomic mass is 9.70. The zero-order valence-electron chi connectivity index (χ0n) is 25.0. The first-order valence-electron chi connectivity index (χ1n) is 15.2. The molecule has 0 spiro atoms. The lowest BCUT2D eigenvalue weighted by molar-refractivity contribution is 0.408. The topological polar surface area (TPSA) is 40.5 Å². The minimum absolute atomic E-state index is 0.0341. The van der Waals surface area contributed by atoms with Crippen molar-refractivity contribution in [1.82, 2.24) is 0 Å². The monoisotopic (exact) mass is 582 g/mol. The second kappa shape index (κ2) is 10.9. The molecule has 210 valence electrons. The Morgan fingerprint density at radius 2 is 0.978 bits per heavy atom. The average molecular weight is 582 g/mol. The molecule has 0 atom stereocenters. The van der Waals surface area contributed by atoms with E-state index >= 15 is 0 Å². The molecule has 2 N–H and O–H groups in total. The van der Waals surface area contributed by atoms with E-state index in [1.54, 1.807) is 0 Å². The van der Waals surface area contributed by atoms with Gasteiger partial charge >= 0.3 is 0 Å². The summed E-state index contributed by atoms with van der Waals surface area (Å²) in [4.78, 5) is 0. The fourth-order valence-electron chi connectivity index (χ4n) is 7.12. The van der Waals surface area contributed by atoms with Crippen molar-refractivity contribution in [1.29, 1.82) is 0 Å². The van der Waals surface area contributed by atoms with E-state index in [-0.39, 0.29) is 23.0 Å². The zero-order chi connectivity index (χ0) is 31.5. The summed E-state index contributed by atoms with van der Waals surface area (Å²) in [6.45, 7) is 0. The minimum Gasteiger partial charge on any atom is -0.505 e. The Hall–Kier alpha value is -5.41. The van der Waals surface area contributed by atoms with Crippen molar-refractivity contribution in [3.05, 3.63) is 133 Å². The molecule has 8 rings (SSSR count). The summed E-state index contributed by atoms with van der Waals surface area (Å²) < 4.78 is 0. The van der Waals surface area contributed by atoms with E-state index in [1.165, 1.54) is 27.3 Å². The van der Waals surface area contributed by atoms with Crippen LogP contribution in [0.1, 0.15) is 5.56 Å². The summed E-state index contributed by atoms with van der Waals surface area (Å²) in [5.74, 6) is -0.778. The van der Waals surface area contributed by atoms with Gasteiger partial charge in [0, 0.05) is 11.1 Å². The summed E-state index contributed by atoms with van der Waals surface area (Å²) in [6, 6.07) is 44.3. The standard InChI is InChI=1S/C41H25B3O2/c42-22-34-37(40(45)41(46)39(44)38(34)43)36-30-16-8-6-14-28(30)35(29-15-7-9-17-31(29)36)25-19-18-24-20-32(23-10-2-1-3-11-23)26-12-4-5-13-27(26)33(24)21-25/h1-21,45-46H,22H2. The van der Waals surface area contributed by atoms with Crippen LogP contribution in [-0.2, 0) is 6.32 Å². The Labute approximate surface area is 271 Å². The van der Waals surface area contributed by atoms with Crippen molar-refractivity contribution < 1.29 is 10.2 Å². The lowest BCUT2D eigenvalue weighted by Crippen LogP contribution is -2.30. The number of hydrogen-bond acceptors (Lipinski definition) is 2. The van der Waals surface area contributed by atoms with Gasteiger partial charge in [-0.25, -0.2) is 0 Å². The summed E-state index contributed by atoms with van der Waals surface area (Å²) in [5, 5.41) is 30.7. The SMILES string of the molecule is [B]Cc1c([B])c([B])c(O)c(O)c1-c1c2ccccc2c(-c2ccc3cc(-c4ccccc4)c4ccccc4c3c2)c2ccccc12. The van der Waals surface area contributed by atoms with Crippen LogP contribution in [0.3, 0.4) is 0 Å². The van der Waals surface area contributed by atoms with Crippen molar-refractivity contribution in [2.24, 2.45) is 0 Å². The van der Waals surface area contributed by atoms with Crippen molar-refractivity contribution in [3.8, 4) is 44.9 Å².